The maximum Gasteiger partial charge on any atom is 0.435 e. The van der Waals surface area contributed by atoms with E-state index in [0.29, 0.717) is 17.8 Å². The van der Waals surface area contributed by atoms with Gasteiger partial charge >= 0.3 is 6.18 Å². The van der Waals surface area contributed by atoms with Crippen LogP contribution in [0.3, 0.4) is 0 Å². The van der Waals surface area contributed by atoms with Crippen LogP contribution in [0.15, 0.2) is 34.8 Å². The van der Waals surface area contributed by atoms with E-state index in [0.717, 1.165) is 33.0 Å². The molecule has 0 radical (unpaired) electrons. The summed E-state index contributed by atoms with van der Waals surface area (Å²) in [6.45, 7) is 1.44. The van der Waals surface area contributed by atoms with E-state index in [1.54, 1.807) is 5.38 Å². The lowest BCUT2D eigenvalue weighted by molar-refractivity contribution is -0.201. The number of benzene rings is 1. The number of aryl methyl sites for hydroxylation is 1. The third kappa shape index (κ3) is 5.21. The molecule has 8 nitrogen and oxygen atoms in total. The summed E-state index contributed by atoms with van der Waals surface area (Å²) in [6, 6.07) is 4.48. The average molecular weight is 542 g/mol. The van der Waals surface area contributed by atoms with Crippen molar-refractivity contribution < 1.29 is 36.4 Å². The van der Waals surface area contributed by atoms with E-state index < -0.39 is 35.5 Å². The van der Waals surface area contributed by atoms with Crippen molar-refractivity contribution in [1.29, 1.82) is 0 Å². The highest BCUT2D eigenvalue weighted by molar-refractivity contribution is 7.10. The number of nitrogens with zero attached hydrogens (tertiary/aromatic N) is 5. The first-order chi connectivity index (χ1) is 17.6. The van der Waals surface area contributed by atoms with E-state index in [9.17, 15) is 26.7 Å². The van der Waals surface area contributed by atoms with Gasteiger partial charge in [-0.05, 0) is 31.5 Å². The first kappa shape index (κ1) is 25.3. The minimum absolute atomic E-state index is 0.117. The summed E-state index contributed by atoms with van der Waals surface area (Å²) in [5.41, 5.74) is -0.0183. The first-order valence-electron chi connectivity index (χ1n) is 11.3. The molecule has 196 valence electrons. The van der Waals surface area contributed by atoms with Gasteiger partial charge in [0, 0.05) is 30.0 Å². The lowest BCUT2D eigenvalue weighted by Crippen LogP contribution is -2.40. The smallest absolute Gasteiger partial charge is 0.387 e. The third-order valence-corrected chi connectivity index (χ3v) is 7.11. The molecule has 0 aliphatic carbocycles. The number of hydrogen-bond donors (Lipinski definition) is 0. The van der Waals surface area contributed by atoms with Crippen LogP contribution in [0.5, 0.6) is 0 Å². The van der Waals surface area contributed by atoms with Crippen molar-refractivity contribution in [3.8, 4) is 0 Å². The van der Waals surface area contributed by atoms with E-state index in [1.165, 1.54) is 24.3 Å². The number of amides is 1. The second kappa shape index (κ2) is 9.82. The predicted molar refractivity (Wildman–Crippen MR) is 120 cm³/mol. The molecule has 2 atom stereocenters. The number of halogens is 5. The van der Waals surface area contributed by atoms with Gasteiger partial charge in [0.2, 0.25) is 0 Å². The summed E-state index contributed by atoms with van der Waals surface area (Å²) in [7, 11) is 0. The summed E-state index contributed by atoms with van der Waals surface area (Å²) in [5, 5.41) is 11.1. The Morgan fingerprint density at radius 1 is 1.24 bits per heavy atom. The van der Waals surface area contributed by atoms with Gasteiger partial charge in [0.15, 0.2) is 11.8 Å². The highest BCUT2D eigenvalue weighted by Crippen LogP contribution is 2.34. The summed E-state index contributed by atoms with van der Waals surface area (Å²) in [4.78, 5) is 28.0. The number of alkyl halides is 3. The molecule has 2 unspecified atom stereocenters. The Morgan fingerprint density at radius 3 is 2.65 bits per heavy atom. The molecule has 4 heterocycles. The summed E-state index contributed by atoms with van der Waals surface area (Å²) in [6.07, 6.45) is -4.79. The zero-order valence-corrected chi connectivity index (χ0v) is 20.2. The highest BCUT2D eigenvalue weighted by Gasteiger charge is 2.35. The van der Waals surface area contributed by atoms with Crippen molar-refractivity contribution in [2.24, 2.45) is 5.16 Å². The predicted octanol–water partition coefficient (Wildman–Crippen LogP) is 4.76. The van der Waals surface area contributed by atoms with Crippen molar-refractivity contribution >= 4 is 23.0 Å². The van der Waals surface area contributed by atoms with Gasteiger partial charge in [-0.1, -0.05) is 11.2 Å². The highest BCUT2D eigenvalue weighted by atomic mass is 32.1. The lowest BCUT2D eigenvalue weighted by Gasteiger charge is -2.30. The first-order valence-corrected chi connectivity index (χ1v) is 12.2. The second-order valence-corrected chi connectivity index (χ2v) is 9.54. The molecule has 1 aromatic carbocycles. The molecule has 0 bridgehead atoms. The number of aromatic nitrogens is 3. The average Bonchev–Trinajstić information content (AvgIpc) is 3.59. The van der Waals surface area contributed by atoms with Gasteiger partial charge in [-0.15, -0.1) is 11.3 Å². The molecule has 0 N–H and O–H groups in total. The second-order valence-electron chi connectivity index (χ2n) is 8.65. The van der Waals surface area contributed by atoms with Gasteiger partial charge < -0.3 is 4.84 Å². The van der Waals surface area contributed by atoms with Gasteiger partial charge in [0.1, 0.15) is 23.9 Å². The molecule has 1 amide bonds. The Labute approximate surface area is 211 Å². The fourth-order valence-corrected chi connectivity index (χ4v) is 5.07. The van der Waals surface area contributed by atoms with Crippen molar-refractivity contribution in [3.63, 3.8) is 0 Å². The van der Waals surface area contributed by atoms with E-state index in [1.807, 2.05) is 0 Å². The molecule has 3 aromatic rings. The fourth-order valence-electron chi connectivity index (χ4n) is 4.12. The zero-order valence-electron chi connectivity index (χ0n) is 19.3. The van der Waals surface area contributed by atoms with Crippen molar-refractivity contribution in [2.45, 2.75) is 44.5 Å². The summed E-state index contributed by atoms with van der Waals surface area (Å²) in [5.74, 6) is -2.04. The molecule has 2 aliphatic heterocycles. The van der Waals surface area contributed by atoms with Crippen LogP contribution >= 0.6 is 11.3 Å². The normalized spacial score (nSPS) is 20.2. The van der Waals surface area contributed by atoms with Crippen LogP contribution in [-0.4, -0.2) is 44.6 Å². The topological polar surface area (TPSA) is 81.8 Å². The molecule has 2 aliphatic rings. The Balaban J connectivity index is 1.17. The third-order valence-electron chi connectivity index (χ3n) is 6.10. The van der Waals surface area contributed by atoms with Gasteiger partial charge in [-0.25, -0.2) is 18.8 Å². The monoisotopic (exact) mass is 541 g/mol. The maximum absolute atomic E-state index is 14.1. The standard InChI is InChI=1S/C23H20F5N5O3S/c1-12-7-19(23(26,27)28)30-32(12)9-20(34)33-6-5-13(10-35-33)22-29-17(11-37-22)16-8-18(36-31-16)21-14(24)3-2-4-15(21)25/h2-4,7,11,13,18H,5-6,8-10H2,1H3. The number of rotatable bonds is 5. The van der Waals surface area contributed by atoms with Crippen LogP contribution in [0.1, 0.15) is 52.5 Å². The van der Waals surface area contributed by atoms with Gasteiger partial charge in [0.25, 0.3) is 5.91 Å². The largest absolute Gasteiger partial charge is 0.435 e. The van der Waals surface area contributed by atoms with Crippen molar-refractivity contribution in [1.82, 2.24) is 19.8 Å². The van der Waals surface area contributed by atoms with Crippen LogP contribution in [0.2, 0.25) is 0 Å². The molecule has 0 spiro atoms. The summed E-state index contributed by atoms with van der Waals surface area (Å²) >= 11 is 1.37. The molecule has 14 heteroatoms. The lowest BCUT2D eigenvalue weighted by atomic mass is 10.0. The molecular weight excluding hydrogens is 521 g/mol. The van der Waals surface area contributed by atoms with Gasteiger partial charge in [0.05, 0.1) is 22.9 Å². The van der Waals surface area contributed by atoms with Crippen molar-refractivity contribution in [2.75, 3.05) is 13.2 Å². The van der Waals surface area contributed by atoms with Crippen LogP contribution < -0.4 is 0 Å². The minimum atomic E-state index is -4.59. The number of hydroxylamine groups is 2. The Hall–Kier alpha value is -3.39. The minimum Gasteiger partial charge on any atom is -0.387 e. The fraction of sp³-hybridized carbons (Fsp3) is 0.391. The van der Waals surface area contributed by atoms with Crippen LogP contribution in [0, 0.1) is 18.6 Å². The molecule has 5 rings (SSSR count). The molecule has 1 saturated heterocycles. The molecular formula is C23H20F5N5O3S. The van der Waals surface area contributed by atoms with Crippen LogP contribution in [-0.2, 0) is 27.2 Å². The van der Waals surface area contributed by atoms with E-state index >= 15 is 0 Å². The quantitative estimate of drug-likeness (QED) is 0.435. The van der Waals surface area contributed by atoms with E-state index in [2.05, 4.69) is 15.2 Å². The van der Waals surface area contributed by atoms with Crippen LogP contribution in [0.4, 0.5) is 22.0 Å². The van der Waals surface area contributed by atoms with Gasteiger partial charge in [-0.2, -0.15) is 18.3 Å². The maximum atomic E-state index is 14.1. The number of carbonyl (C=O) groups is 1. The molecule has 0 saturated carbocycles. The molecule has 37 heavy (non-hydrogen) atoms. The number of carbonyl (C=O) groups excluding carboxylic acids is 1. The van der Waals surface area contributed by atoms with Gasteiger partial charge in [-0.3, -0.25) is 14.3 Å². The SMILES string of the molecule is Cc1cc(C(F)(F)F)nn1CC(=O)N1CCC(c2nc(C3=NOC(c4c(F)cccc4F)C3)cs2)CO1. The Bertz CT molecular complexity index is 1330. The van der Waals surface area contributed by atoms with Crippen LogP contribution in [0.25, 0.3) is 0 Å². The molecule has 1 fully saturated rings. The zero-order chi connectivity index (χ0) is 26.3. The van der Waals surface area contributed by atoms with E-state index in [4.69, 9.17) is 9.68 Å². The molecule has 2 aromatic heterocycles. The number of thiazole rings is 1. The summed E-state index contributed by atoms with van der Waals surface area (Å²) < 4.78 is 67.7. The Kier molecular flexibility index (Phi) is 6.70. The van der Waals surface area contributed by atoms with Crippen molar-refractivity contribution in [3.05, 3.63) is 68.9 Å². The Morgan fingerprint density at radius 2 is 2.00 bits per heavy atom. The van der Waals surface area contributed by atoms with E-state index in [-0.39, 0.29) is 43.3 Å². The number of hydrogen-bond acceptors (Lipinski definition) is 7. The number of oxime groups is 1.